The van der Waals surface area contributed by atoms with Crippen LogP contribution in [0.25, 0.3) is 21.7 Å². The van der Waals surface area contributed by atoms with Gasteiger partial charge in [-0.15, -0.1) is 0 Å². The zero-order valence-corrected chi connectivity index (χ0v) is 16.4. The van der Waals surface area contributed by atoms with Gasteiger partial charge >= 0.3 is 0 Å². The topological polar surface area (TPSA) is 97.0 Å². The average molecular weight is 398 g/mol. The third kappa shape index (κ3) is 3.14. The number of methoxy groups -OCH3 is 1. The summed E-state index contributed by atoms with van der Waals surface area (Å²) in [5, 5.41) is 18.8. The van der Waals surface area contributed by atoms with E-state index in [1.54, 1.807) is 55.2 Å². The van der Waals surface area contributed by atoms with E-state index in [2.05, 4.69) is 10.4 Å². The number of amides is 1. The molecular formula is C23H18N4O3. The number of aromatic nitrogens is 2. The zero-order valence-electron chi connectivity index (χ0n) is 16.4. The van der Waals surface area contributed by atoms with Crippen molar-refractivity contribution in [2.45, 2.75) is 0 Å². The first kappa shape index (κ1) is 19.2. The first-order valence-electron chi connectivity index (χ1n) is 9.27. The zero-order chi connectivity index (χ0) is 21.3. The summed E-state index contributed by atoms with van der Waals surface area (Å²) in [7, 11) is 3.30. The van der Waals surface area contributed by atoms with E-state index in [1.807, 2.05) is 30.3 Å². The fraction of sp³-hybridized carbons (Fsp3) is 0.130. The van der Waals surface area contributed by atoms with Crippen LogP contribution >= 0.6 is 0 Å². The van der Waals surface area contributed by atoms with Crippen molar-refractivity contribution in [1.82, 2.24) is 9.78 Å². The number of aryl methyl sites for hydroxylation is 1. The molecule has 3 aromatic carbocycles. The molecule has 1 aromatic heterocycles. The average Bonchev–Trinajstić information content (AvgIpc) is 3.11. The minimum atomic E-state index is -1.52. The molecule has 0 aliphatic heterocycles. The standard InChI is InChI=1S/C23H18N4O3/c1-27-21-16(12-11-14-7-6-10-18(30-2)19(14)21)20(26-27)22(28)17(13-24)23(29)25-15-8-4-3-5-9-15/h3-12,17H,1-2H3,(H,25,29). The minimum absolute atomic E-state index is 0.0788. The van der Waals surface area contributed by atoms with E-state index in [1.165, 1.54) is 0 Å². The maximum Gasteiger partial charge on any atom is 0.249 e. The van der Waals surface area contributed by atoms with Gasteiger partial charge in [-0.25, -0.2) is 0 Å². The normalized spacial score (nSPS) is 11.8. The van der Waals surface area contributed by atoms with Gasteiger partial charge < -0.3 is 10.1 Å². The monoisotopic (exact) mass is 398 g/mol. The molecular weight excluding hydrogens is 380 g/mol. The summed E-state index contributed by atoms with van der Waals surface area (Å²) < 4.78 is 7.07. The lowest BCUT2D eigenvalue weighted by atomic mass is 9.98. The molecule has 0 saturated carbocycles. The Morgan fingerprint density at radius 2 is 1.87 bits per heavy atom. The highest BCUT2D eigenvalue weighted by Crippen LogP contribution is 2.34. The second kappa shape index (κ2) is 7.68. The maximum atomic E-state index is 13.1. The van der Waals surface area contributed by atoms with Crippen molar-refractivity contribution >= 4 is 39.1 Å². The van der Waals surface area contributed by atoms with Crippen molar-refractivity contribution in [3.63, 3.8) is 0 Å². The van der Waals surface area contributed by atoms with Gasteiger partial charge in [-0.2, -0.15) is 10.4 Å². The summed E-state index contributed by atoms with van der Waals surface area (Å²) in [6.07, 6.45) is 0. The van der Waals surface area contributed by atoms with Gasteiger partial charge in [0.1, 0.15) is 11.4 Å². The molecule has 7 nitrogen and oxygen atoms in total. The molecule has 0 saturated heterocycles. The van der Waals surface area contributed by atoms with Crippen molar-refractivity contribution in [2.24, 2.45) is 13.0 Å². The molecule has 0 radical (unpaired) electrons. The summed E-state index contributed by atoms with van der Waals surface area (Å²) >= 11 is 0. The largest absolute Gasteiger partial charge is 0.496 e. The number of fused-ring (bicyclic) bond motifs is 3. The van der Waals surface area contributed by atoms with Crippen LogP contribution in [-0.4, -0.2) is 28.6 Å². The Balaban J connectivity index is 1.79. The van der Waals surface area contributed by atoms with Crippen LogP contribution < -0.4 is 10.1 Å². The minimum Gasteiger partial charge on any atom is -0.496 e. The third-order valence-corrected chi connectivity index (χ3v) is 4.96. The van der Waals surface area contributed by atoms with Gasteiger partial charge in [0.2, 0.25) is 11.7 Å². The fourth-order valence-electron chi connectivity index (χ4n) is 3.57. The molecule has 4 rings (SSSR count). The molecule has 148 valence electrons. The molecule has 1 heterocycles. The Morgan fingerprint density at radius 3 is 2.57 bits per heavy atom. The van der Waals surface area contributed by atoms with E-state index in [4.69, 9.17) is 4.74 Å². The SMILES string of the molecule is COc1cccc2ccc3c(C(=O)C(C#N)C(=O)Nc4ccccc4)nn(C)c3c12. The lowest BCUT2D eigenvalue weighted by molar-refractivity contribution is -0.117. The van der Waals surface area contributed by atoms with Crippen LogP contribution in [0.2, 0.25) is 0 Å². The van der Waals surface area contributed by atoms with Crippen LogP contribution in [-0.2, 0) is 11.8 Å². The quantitative estimate of drug-likeness (QED) is 0.408. The first-order valence-corrected chi connectivity index (χ1v) is 9.27. The van der Waals surface area contributed by atoms with Gasteiger partial charge in [0.05, 0.1) is 18.7 Å². The number of hydrogen-bond acceptors (Lipinski definition) is 5. The lowest BCUT2D eigenvalue weighted by Crippen LogP contribution is -2.29. The second-order valence-electron chi connectivity index (χ2n) is 6.77. The summed E-state index contributed by atoms with van der Waals surface area (Å²) in [4.78, 5) is 25.7. The Labute approximate surface area is 172 Å². The van der Waals surface area contributed by atoms with Crippen LogP contribution in [0.4, 0.5) is 5.69 Å². The van der Waals surface area contributed by atoms with E-state index in [-0.39, 0.29) is 5.69 Å². The van der Waals surface area contributed by atoms with Gasteiger partial charge in [-0.05, 0) is 29.7 Å². The van der Waals surface area contributed by atoms with Crippen molar-refractivity contribution in [1.29, 1.82) is 5.26 Å². The Kier molecular flexibility index (Phi) is 4.90. The third-order valence-electron chi connectivity index (χ3n) is 4.96. The molecule has 1 atom stereocenters. The number of hydrogen-bond donors (Lipinski definition) is 1. The maximum absolute atomic E-state index is 13.1. The van der Waals surface area contributed by atoms with E-state index in [0.29, 0.717) is 22.3 Å². The number of Topliss-reactive ketones (excluding diaryl/α,β-unsaturated/α-hetero) is 1. The van der Waals surface area contributed by atoms with Crippen LogP contribution in [0.15, 0.2) is 60.7 Å². The number of para-hydroxylation sites is 1. The smallest absolute Gasteiger partial charge is 0.249 e. The number of benzene rings is 3. The van der Waals surface area contributed by atoms with Gasteiger partial charge in [-0.3, -0.25) is 14.3 Å². The first-order chi connectivity index (χ1) is 14.5. The molecule has 0 fully saturated rings. The summed E-state index contributed by atoms with van der Waals surface area (Å²) in [6, 6.07) is 19.8. The van der Waals surface area contributed by atoms with Crippen LogP contribution in [0.3, 0.4) is 0 Å². The van der Waals surface area contributed by atoms with Crippen molar-refractivity contribution < 1.29 is 14.3 Å². The summed E-state index contributed by atoms with van der Waals surface area (Å²) in [5.41, 5.74) is 1.29. The number of nitrogens with zero attached hydrogens (tertiary/aromatic N) is 3. The van der Waals surface area contributed by atoms with E-state index >= 15 is 0 Å². The predicted molar refractivity (Wildman–Crippen MR) is 113 cm³/mol. The molecule has 0 aliphatic rings. The Hall–Kier alpha value is -4.18. The molecule has 1 unspecified atom stereocenters. The molecule has 0 aliphatic carbocycles. The number of carbonyl (C=O) groups excluding carboxylic acids is 2. The molecule has 7 heteroatoms. The number of anilines is 1. The number of carbonyl (C=O) groups is 2. The van der Waals surface area contributed by atoms with E-state index in [0.717, 1.165) is 10.8 Å². The lowest BCUT2D eigenvalue weighted by Gasteiger charge is -2.09. The summed E-state index contributed by atoms with van der Waals surface area (Å²) in [6.45, 7) is 0. The van der Waals surface area contributed by atoms with Crippen molar-refractivity contribution in [2.75, 3.05) is 12.4 Å². The molecule has 1 N–H and O–H groups in total. The number of nitriles is 1. The van der Waals surface area contributed by atoms with Crippen LogP contribution in [0.5, 0.6) is 5.75 Å². The second-order valence-corrected chi connectivity index (χ2v) is 6.77. The van der Waals surface area contributed by atoms with Gasteiger partial charge in [0, 0.05) is 23.5 Å². The highest BCUT2D eigenvalue weighted by atomic mass is 16.5. The highest BCUT2D eigenvalue weighted by Gasteiger charge is 2.31. The Morgan fingerprint density at radius 1 is 1.10 bits per heavy atom. The van der Waals surface area contributed by atoms with E-state index in [9.17, 15) is 14.9 Å². The Bertz CT molecular complexity index is 1320. The highest BCUT2D eigenvalue weighted by molar-refractivity contribution is 6.21. The van der Waals surface area contributed by atoms with Crippen molar-refractivity contribution in [3.8, 4) is 11.8 Å². The van der Waals surface area contributed by atoms with Crippen molar-refractivity contribution in [3.05, 3.63) is 66.4 Å². The molecule has 0 bridgehead atoms. The number of ketones is 1. The number of nitrogens with one attached hydrogen (secondary N) is 1. The van der Waals surface area contributed by atoms with Crippen LogP contribution in [0.1, 0.15) is 10.5 Å². The predicted octanol–water partition coefficient (Wildman–Crippen LogP) is 3.70. The molecule has 0 spiro atoms. The molecule has 30 heavy (non-hydrogen) atoms. The molecule has 1 amide bonds. The number of rotatable bonds is 5. The molecule has 4 aromatic rings. The fourth-order valence-corrected chi connectivity index (χ4v) is 3.57. The van der Waals surface area contributed by atoms with Gasteiger partial charge in [-0.1, -0.05) is 36.4 Å². The van der Waals surface area contributed by atoms with E-state index < -0.39 is 17.6 Å². The summed E-state index contributed by atoms with van der Waals surface area (Å²) in [5.74, 6) is -2.20. The van der Waals surface area contributed by atoms with Gasteiger partial charge in [0.25, 0.3) is 0 Å². The van der Waals surface area contributed by atoms with Crippen LogP contribution in [0, 0.1) is 17.2 Å². The number of ether oxygens (including phenoxy) is 1. The van der Waals surface area contributed by atoms with Gasteiger partial charge in [0.15, 0.2) is 5.92 Å².